The molecule has 0 atom stereocenters. The predicted molar refractivity (Wildman–Crippen MR) is 78.7 cm³/mol. The standard InChI is InChI=1S/C16H11FN4/c1-10-3-2-4-12-9-19-16(21-15(10)12)20-13-6-5-11(8-18)14(17)7-13/h2-7,9H,1H3,(H,19,20,21). The zero-order valence-corrected chi connectivity index (χ0v) is 11.3. The third-order valence-electron chi connectivity index (χ3n) is 3.16. The highest BCUT2D eigenvalue weighted by molar-refractivity contribution is 5.82. The van der Waals surface area contributed by atoms with Crippen molar-refractivity contribution in [2.75, 3.05) is 5.32 Å². The van der Waals surface area contributed by atoms with E-state index in [1.165, 1.54) is 12.1 Å². The molecule has 0 aliphatic heterocycles. The molecule has 0 aliphatic carbocycles. The number of fused-ring (bicyclic) bond motifs is 1. The summed E-state index contributed by atoms with van der Waals surface area (Å²) in [4.78, 5) is 8.64. The van der Waals surface area contributed by atoms with Crippen LogP contribution in [0, 0.1) is 24.1 Å². The van der Waals surface area contributed by atoms with Crippen molar-refractivity contribution in [2.24, 2.45) is 0 Å². The number of nitrogens with one attached hydrogen (secondary N) is 1. The van der Waals surface area contributed by atoms with E-state index in [9.17, 15) is 4.39 Å². The molecule has 0 unspecified atom stereocenters. The average Bonchev–Trinajstić information content (AvgIpc) is 2.48. The highest BCUT2D eigenvalue weighted by Gasteiger charge is 2.06. The van der Waals surface area contributed by atoms with Crippen LogP contribution in [0.1, 0.15) is 11.1 Å². The molecule has 4 nitrogen and oxygen atoms in total. The number of aryl methyl sites for hydroxylation is 1. The van der Waals surface area contributed by atoms with Gasteiger partial charge in [0.1, 0.15) is 11.9 Å². The molecule has 21 heavy (non-hydrogen) atoms. The van der Waals surface area contributed by atoms with E-state index in [2.05, 4.69) is 15.3 Å². The molecule has 102 valence electrons. The number of hydrogen-bond donors (Lipinski definition) is 1. The zero-order valence-electron chi connectivity index (χ0n) is 11.3. The fourth-order valence-electron chi connectivity index (χ4n) is 2.08. The molecule has 0 amide bonds. The number of para-hydroxylation sites is 1. The van der Waals surface area contributed by atoms with Gasteiger partial charge in [-0.25, -0.2) is 14.4 Å². The van der Waals surface area contributed by atoms with E-state index in [1.807, 2.05) is 25.1 Å². The van der Waals surface area contributed by atoms with Gasteiger partial charge in [0.2, 0.25) is 5.95 Å². The molecule has 0 fully saturated rings. The molecular formula is C16H11FN4. The van der Waals surface area contributed by atoms with Gasteiger partial charge in [0.25, 0.3) is 0 Å². The van der Waals surface area contributed by atoms with Gasteiger partial charge in [0.15, 0.2) is 0 Å². The fraction of sp³-hybridized carbons (Fsp3) is 0.0625. The molecule has 0 spiro atoms. The molecule has 1 aromatic heterocycles. The molecule has 1 heterocycles. The lowest BCUT2D eigenvalue weighted by Gasteiger charge is -2.07. The Balaban J connectivity index is 1.97. The van der Waals surface area contributed by atoms with Crippen molar-refractivity contribution in [2.45, 2.75) is 6.92 Å². The summed E-state index contributed by atoms with van der Waals surface area (Å²) in [5, 5.41) is 12.6. The lowest BCUT2D eigenvalue weighted by molar-refractivity contribution is 0.624. The third-order valence-corrected chi connectivity index (χ3v) is 3.16. The molecule has 0 saturated carbocycles. The smallest absolute Gasteiger partial charge is 0.227 e. The Bertz CT molecular complexity index is 868. The first-order valence-corrected chi connectivity index (χ1v) is 6.36. The number of benzene rings is 2. The van der Waals surface area contributed by atoms with Crippen molar-refractivity contribution in [3.05, 3.63) is 59.5 Å². The molecule has 3 rings (SSSR count). The van der Waals surface area contributed by atoms with Crippen molar-refractivity contribution < 1.29 is 4.39 Å². The zero-order chi connectivity index (χ0) is 14.8. The van der Waals surface area contributed by atoms with Gasteiger partial charge in [-0.3, -0.25) is 0 Å². The van der Waals surface area contributed by atoms with Crippen LogP contribution >= 0.6 is 0 Å². The minimum atomic E-state index is -0.570. The van der Waals surface area contributed by atoms with Gasteiger partial charge < -0.3 is 5.32 Å². The number of halogens is 1. The lowest BCUT2D eigenvalue weighted by Crippen LogP contribution is -1.98. The fourth-order valence-corrected chi connectivity index (χ4v) is 2.08. The second kappa shape index (κ2) is 5.17. The van der Waals surface area contributed by atoms with Crippen molar-refractivity contribution >= 4 is 22.5 Å². The van der Waals surface area contributed by atoms with Gasteiger partial charge in [0.05, 0.1) is 11.1 Å². The first-order chi connectivity index (χ1) is 10.2. The number of anilines is 2. The molecule has 0 bridgehead atoms. The molecule has 0 radical (unpaired) electrons. The van der Waals surface area contributed by atoms with Gasteiger partial charge in [-0.2, -0.15) is 5.26 Å². The Kier molecular flexibility index (Phi) is 3.20. The number of nitrogens with zero attached hydrogens (tertiary/aromatic N) is 3. The first-order valence-electron chi connectivity index (χ1n) is 6.36. The molecule has 5 heteroatoms. The van der Waals surface area contributed by atoms with Crippen LogP contribution in [0.4, 0.5) is 16.0 Å². The summed E-state index contributed by atoms with van der Waals surface area (Å²) in [7, 11) is 0. The summed E-state index contributed by atoms with van der Waals surface area (Å²) in [5.74, 6) is -0.180. The van der Waals surface area contributed by atoms with E-state index < -0.39 is 5.82 Å². The van der Waals surface area contributed by atoms with Crippen molar-refractivity contribution in [3.63, 3.8) is 0 Å². The van der Waals surface area contributed by atoms with Crippen LogP contribution in [0.15, 0.2) is 42.6 Å². The maximum Gasteiger partial charge on any atom is 0.227 e. The summed E-state index contributed by atoms with van der Waals surface area (Å²) >= 11 is 0. The van der Waals surface area contributed by atoms with Gasteiger partial charge in [0, 0.05) is 17.3 Å². The maximum atomic E-state index is 13.6. The van der Waals surface area contributed by atoms with Crippen LogP contribution in [0.3, 0.4) is 0 Å². The van der Waals surface area contributed by atoms with Crippen LogP contribution < -0.4 is 5.32 Å². The number of nitriles is 1. The first kappa shape index (κ1) is 13.0. The van der Waals surface area contributed by atoms with E-state index >= 15 is 0 Å². The highest BCUT2D eigenvalue weighted by Crippen LogP contribution is 2.20. The van der Waals surface area contributed by atoms with Gasteiger partial charge in [-0.1, -0.05) is 18.2 Å². The second-order valence-electron chi connectivity index (χ2n) is 4.64. The average molecular weight is 278 g/mol. The second-order valence-corrected chi connectivity index (χ2v) is 4.64. The lowest BCUT2D eigenvalue weighted by atomic mass is 10.1. The molecule has 2 aromatic carbocycles. The topological polar surface area (TPSA) is 61.6 Å². The Hall–Kier alpha value is -3.00. The van der Waals surface area contributed by atoms with Crippen LogP contribution in [0.2, 0.25) is 0 Å². The predicted octanol–water partition coefficient (Wildman–Crippen LogP) is 3.69. The van der Waals surface area contributed by atoms with Crippen LogP contribution in [-0.4, -0.2) is 9.97 Å². The summed E-state index contributed by atoms with van der Waals surface area (Å²) in [6.45, 7) is 1.97. The Morgan fingerprint density at radius 3 is 2.86 bits per heavy atom. The van der Waals surface area contributed by atoms with Crippen molar-refractivity contribution in [1.82, 2.24) is 9.97 Å². The normalized spacial score (nSPS) is 10.3. The van der Waals surface area contributed by atoms with Gasteiger partial charge in [-0.05, 0) is 30.7 Å². The monoisotopic (exact) mass is 278 g/mol. The Morgan fingerprint density at radius 2 is 2.10 bits per heavy atom. The molecule has 0 aliphatic rings. The van der Waals surface area contributed by atoms with E-state index in [4.69, 9.17) is 5.26 Å². The number of hydrogen-bond acceptors (Lipinski definition) is 4. The van der Waals surface area contributed by atoms with E-state index in [-0.39, 0.29) is 5.56 Å². The summed E-state index contributed by atoms with van der Waals surface area (Å²) in [6.07, 6.45) is 1.72. The summed E-state index contributed by atoms with van der Waals surface area (Å²) in [5.41, 5.74) is 2.41. The molecule has 3 aromatic rings. The minimum Gasteiger partial charge on any atom is -0.324 e. The van der Waals surface area contributed by atoms with Crippen molar-refractivity contribution in [3.8, 4) is 6.07 Å². The Morgan fingerprint density at radius 1 is 1.24 bits per heavy atom. The highest BCUT2D eigenvalue weighted by atomic mass is 19.1. The van der Waals surface area contributed by atoms with Crippen molar-refractivity contribution in [1.29, 1.82) is 5.26 Å². The van der Waals surface area contributed by atoms with E-state index in [1.54, 1.807) is 18.3 Å². The summed E-state index contributed by atoms with van der Waals surface area (Å²) in [6, 6.07) is 11.9. The minimum absolute atomic E-state index is 0.0100. The van der Waals surface area contributed by atoms with Gasteiger partial charge >= 0.3 is 0 Å². The quantitative estimate of drug-likeness (QED) is 0.776. The van der Waals surface area contributed by atoms with Crippen LogP contribution in [0.5, 0.6) is 0 Å². The van der Waals surface area contributed by atoms with E-state index in [0.717, 1.165) is 16.5 Å². The van der Waals surface area contributed by atoms with Gasteiger partial charge in [-0.15, -0.1) is 0 Å². The van der Waals surface area contributed by atoms with E-state index in [0.29, 0.717) is 11.6 Å². The number of aromatic nitrogens is 2. The molecule has 1 N–H and O–H groups in total. The largest absolute Gasteiger partial charge is 0.324 e. The van der Waals surface area contributed by atoms with Crippen LogP contribution in [-0.2, 0) is 0 Å². The maximum absolute atomic E-state index is 13.6. The molecule has 0 saturated heterocycles. The van der Waals surface area contributed by atoms with Crippen LogP contribution in [0.25, 0.3) is 10.9 Å². The SMILES string of the molecule is Cc1cccc2cnc(Nc3ccc(C#N)c(F)c3)nc12. The summed E-state index contributed by atoms with van der Waals surface area (Å²) < 4.78 is 13.6. The number of rotatable bonds is 2. The Labute approximate surface area is 120 Å². The molecular weight excluding hydrogens is 267 g/mol. The third kappa shape index (κ3) is 2.51.